The number of unbranched alkanes of at least 4 members (excludes halogenated alkanes) is 13. The van der Waals surface area contributed by atoms with Gasteiger partial charge < -0.3 is 14.3 Å². The Morgan fingerprint density at radius 2 is 1.32 bits per heavy atom. The predicted molar refractivity (Wildman–Crippen MR) is 101 cm³/mol. The molecular formula is C21H36O4. The van der Waals surface area contributed by atoms with Crippen LogP contribution in [0, 0.1) is 0 Å². The first kappa shape index (κ1) is 21.6. The summed E-state index contributed by atoms with van der Waals surface area (Å²) in [6.45, 7) is 2.85. The van der Waals surface area contributed by atoms with Crippen molar-refractivity contribution in [2.75, 3.05) is 6.61 Å². The maximum Gasteiger partial charge on any atom is 0.371 e. The molecule has 1 heterocycles. The molecule has 4 heteroatoms. The van der Waals surface area contributed by atoms with E-state index in [1.165, 1.54) is 83.1 Å². The predicted octanol–water partition coefficient (Wildman–Crippen LogP) is 6.84. The van der Waals surface area contributed by atoms with E-state index in [0.717, 1.165) is 12.8 Å². The Bertz CT molecular complexity index is 439. The first-order chi connectivity index (χ1) is 12.2. The van der Waals surface area contributed by atoms with Crippen LogP contribution in [0.1, 0.15) is 107 Å². The number of carboxylic acid groups (broad SMARTS) is 1. The molecule has 0 fully saturated rings. The molecule has 0 aliphatic carbocycles. The minimum atomic E-state index is -1.06. The fourth-order valence-electron chi connectivity index (χ4n) is 2.98. The van der Waals surface area contributed by atoms with Crippen LogP contribution < -0.4 is 4.74 Å². The molecule has 1 aromatic heterocycles. The summed E-state index contributed by atoms with van der Waals surface area (Å²) in [5.74, 6) is -0.839. The molecule has 0 aliphatic heterocycles. The van der Waals surface area contributed by atoms with Crippen LogP contribution in [0.2, 0.25) is 0 Å². The van der Waals surface area contributed by atoms with Gasteiger partial charge in [-0.1, -0.05) is 90.4 Å². The Hall–Kier alpha value is -1.45. The molecule has 0 atom stereocenters. The van der Waals surface area contributed by atoms with Gasteiger partial charge in [0.15, 0.2) is 0 Å². The molecule has 0 aliphatic rings. The highest BCUT2D eigenvalue weighted by atomic mass is 16.6. The van der Waals surface area contributed by atoms with Crippen LogP contribution in [-0.2, 0) is 0 Å². The maximum absolute atomic E-state index is 10.7. The highest BCUT2D eigenvalue weighted by molar-refractivity contribution is 5.84. The zero-order chi connectivity index (χ0) is 18.2. The Kier molecular flexibility index (Phi) is 12.8. The van der Waals surface area contributed by atoms with Gasteiger partial charge in [0.25, 0.3) is 5.95 Å². The van der Waals surface area contributed by atoms with E-state index in [0.29, 0.717) is 12.6 Å². The lowest BCUT2D eigenvalue weighted by molar-refractivity contribution is 0.0653. The number of carbonyl (C=O) groups is 1. The van der Waals surface area contributed by atoms with Gasteiger partial charge in [0.05, 0.1) is 6.61 Å². The first-order valence-electron chi connectivity index (χ1n) is 10.2. The van der Waals surface area contributed by atoms with E-state index in [1.807, 2.05) is 0 Å². The molecule has 0 radical (unpaired) electrons. The van der Waals surface area contributed by atoms with Gasteiger partial charge in [0.1, 0.15) is 0 Å². The van der Waals surface area contributed by atoms with Gasteiger partial charge in [0, 0.05) is 6.07 Å². The molecule has 0 saturated heterocycles. The van der Waals surface area contributed by atoms with Crippen LogP contribution in [-0.4, -0.2) is 17.7 Å². The van der Waals surface area contributed by atoms with Crippen LogP contribution in [0.15, 0.2) is 16.5 Å². The largest absolute Gasteiger partial charge is 0.475 e. The van der Waals surface area contributed by atoms with Crippen molar-refractivity contribution in [3.05, 3.63) is 17.9 Å². The molecule has 144 valence electrons. The average molecular weight is 353 g/mol. The maximum atomic E-state index is 10.7. The molecule has 1 rings (SSSR count). The van der Waals surface area contributed by atoms with Crippen molar-refractivity contribution in [3.8, 4) is 5.95 Å². The second-order valence-corrected chi connectivity index (χ2v) is 6.87. The quantitative estimate of drug-likeness (QED) is 0.312. The third kappa shape index (κ3) is 11.7. The lowest BCUT2D eigenvalue weighted by Crippen LogP contribution is -1.96. The normalized spacial score (nSPS) is 10.9. The van der Waals surface area contributed by atoms with Gasteiger partial charge in [0.2, 0.25) is 5.76 Å². The molecule has 0 aromatic carbocycles. The van der Waals surface area contributed by atoms with Gasteiger partial charge in [-0.05, 0) is 12.5 Å². The number of aromatic carboxylic acids is 1. The third-order valence-corrected chi connectivity index (χ3v) is 4.53. The highest BCUT2D eigenvalue weighted by Crippen LogP contribution is 2.17. The molecule has 25 heavy (non-hydrogen) atoms. The van der Waals surface area contributed by atoms with E-state index >= 15 is 0 Å². The van der Waals surface area contributed by atoms with E-state index < -0.39 is 5.97 Å². The monoisotopic (exact) mass is 352 g/mol. The van der Waals surface area contributed by atoms with Crippen molar-refractivity contribution in [3.63, 3.8) is 0 Å². The zero-order valence-electron chi connectivity index (χ0n) is 15.9. The van der Waals surface area contributed by atoms with E-state index in [2.05, 4.69) is 6.92 Å². The van der Waals surface area contributed by atoms with Gasteiger partial charge in [-0.15, -0.1) is 0 Å². The molecule has 0 spiro atoms. The van der Waals surface area contributed by atoms with Crippen LogP contribution >= 0.6 is 0 Å². The summed E-state index contributed by atoms with van der Waals surface area (Å²) in [5, 5.41) is 8.75. The fourth-order valence-corrected chi connectivity index (χ4v) is 2.98. The number of hydrogen-bond donors (Lipinski definition) is 1. The second-order valence-electron chi connectivity index (χ2n) is 6.87. The van der Waals surface area contributed by atoms with Crippen LogP contribution in [0.25, 0.3) is 0 Å². The molecule has 1 aromatic rings. The fraction of sp³-hybridized carbons (Fsp3) is 0.762. The number of rotatable bonds is 17. The van der Waals surface area contributed by atoms with Crippen LogP contribution in [0.3, 0.4) is 0 Å². The van der Waals surface area contributed by atoms with Gasteiger partial charge in [-0.25, -0.2) is 4.79 Å². The minimum Gasteiger partial charge on any atom is -0.475 e. The Morgan fingerprint density at radius 3 is 1.76 bits per heavy atom. The van der Waals surface area contributed by atoms with Crippen molar-refractivity contribution in [1.29, 1.82) is 0 Å². The molecular weight excluding hydrogens is 316 g/mol. The topological polar surface area (TPSA) is 59.7 Å². The van der Waals surface area contributed by atoms with Crippen molar-refractivity contribution < 1.29 is 19.1 Å². The van der Waals surface area contributed by atoms with Gasteiger partial charge in [-0.2, -0.15) is 0 Å². The standard InChI is InChI=1S/C21H36O4/c1-2-3-4-5-6-7-8-9-10-11-12-13-14-15-18-24-20-17-16-19(25-20)21(22)23/h16-17H,2-15,18H2,1H3,(H,22,23). The summed E-state index contributed by atoms with van der Waals surface area (Å²) in [7, 11) is 0. The van der Waals surface area contributed by atoms with Gasteiger partial charge >= 0.3 is 5.97 Å². The molecule has 1 N–H and O–H groups in total. The SMILES string of the molecule is CCCCCCCCCCCCCCCCOc1ccc(C(=O)O)o1. The van der Waals surface area contributed by atoms with Crippen LogP contribution in [0.4, 0.5) is 0 Å². The van der Waals surface area contributed by atoms with E-state index in [4.69, 9.17) is 14.3 Å². The smallest absolute Gasteiger partial charge is 0.371 e. The second kappa shape index (κ2) is 14.9. The van der Waals surface area contributed by atoms with Crippen molar-refractivity contribution in [1.82, 2.24) is 0 Å². The summed E-state index contributed by atoms with van der Waals surface area (Å²) in [6.07, 6.45) is 18.6. The molecule has 0 unspecified atom stereocenters. The molecule has 4 nitrogen and oxygen atoms in total. The highest BCUT2D eigenvalue weighted by Gasteiger charge is 2.09. The molecule has 0 amide bonds. The van der Waals surface area contributed by atoms with Crippen molar-refractivity contribution >= 4 is 5.97 Å². The van der Waals surface area contributed by atoms with Crippen LogP contribution in [0.5, 0.6) is 5.95 Å². The zero-order valence-corrected chi connectivity index (χ0v) is 15.9. The third-order valence-electron chi connectivity index (χ3n) is 4.53. The van der Waals surface area contributed by atoms with E-state index in [1.54, 1.807) is 6.07 Å². The number of carboxylic acids is 1. The summed E-state index contributed by atoms with van der Waals surface area (Å²) in [5.41, 5.74) is 0. The summed E-state index contributed by atoms with van der Waals surface area (Å²) >= 11 is 0. The number of ether oxygens (including phenoxy) is 1. The molecule has 0 bridgehead atoms. The Morgan fingerprint density at radius 1 is 0.840 bits per heavy atom. The Labute approximate surface area is 152 Å². The Balaban J connectivity index is 1.79. The summed E-state index contributed by atoms with van der Waals surface area (Å²) < 4.78 is 10.5. The van der Waals surface area contributed by atoms with E-state index in [-0.39, 0.29) is 5.76 Å². The van der Waals surface area contributed by atoms with Gasteiger partial charge in [-0.3, -0.25) is 0 Å². The van der Waals surface area contributed by atoms with Crippen molar-refractivity contribution in [2.45, 2.75) is 96.8 Å². The van der Waals surface area contributed by atoms with E-state index in [9.17, 15) is 4.79 Å². The first-order valence-corrected chi connectivity index (χ1v) is 10.2. The lowest BCUT2D eigenvalue weighted by Gasteiger charge is -2.04. The lowest BCUT2D eigenvalue weighted by atomic mass is 10.0. The molecule has 0 saturated carbocycles. The summed E-state index contributed by atoms with van der Waals surface area (Å²) in [6, 6.07) is 2.98. The number of hydrogen-bond acceptors (Lipinski definition) is 3. The average Bonchev–Trinajstić information content (AvgIpc) is 3.07. The minimum absolute atomic E-state index is 0.0732. The number of furan rings is 1. The summed E-state index contributed by atoms with van der Waals surface area (Å²) in [4.78, 5) is 10.7. The van der Waals surface area contributed by atoms with Crippen molar-refractivity contribution in [2.24, 2.45) is 0 Å².